The molecule has 0 aliphatic heterocycles. The first kappa shape index (κ1) is 14.9. The summed E-state index contributed by atoms with van der Waals surface area (Å²) in [6.45, 7) is 1.76. The van der Waals surface area contributed by atoms with E-state index >= 15 is 0 Å². The third-order valence-electron chi connectivity index (χ3n) is 3.07. The number of ether oxygens (including phenoxy) is 3. The van der Waals surface area contributed by atoms with Gasteiger partial charge in [-0.25, -0.2) is 0 Å². The molecule has 2 aromatic rings. The highest BCUT2D eigenvalue weighted by molar-refractivity contribution is 5.76. The Bertz CT molecular complexity index is 634. The number of carbonyl (C=O) groups excluding carboxylic acids is 1. The van der Waals surface area contributed by atoms with E-state index in [2.05, 4.69) is 0 Å². The van der Waals surface area contributed by atoms with Gasteiger partial charge in [-0.2, -0.15) is 0 Å². The molecule has 0 fully saturated rings. The number of carbonyl (C=O) groups is 1. The van der Waals surface area contributed by atoms with E-state index in [4.69, 9.17) is 14.2 Å². The molecule has 0 saturated heterocycles. The van der Waals surface area contributed by atoms with Crippen LogP contribution in [0.1, 0.15) is 13.3 Å². The van der Waals surface area contributed by atoms with Crippen molar-refractivity contribution in [3.8, 4) is 28.4 Å². The molecule has 2 aromatic carbocycles. The largest absolute Gasteiger partial charge is 0.493 e. The number of hydrogen-bond donors (Lipinski definition) is 0. The van der Waals surface area contributed by atoms with E-state index in [1.54, 1.807) is 27.2 Å². The molecule has 0 atom stereocenters. The van der Waals surface area contributed by atoms with Crippen LogP contribution in [-0.2, 0) is 4.79 Å². The van der Waals surface area contributed by atoms with Crippen molar-refractivity contribution in [2.75, 3.05) is 14.2 Å². The van der Waals surface area contributed by atoms with Crippen molar-refractivity contribution < 1.29 is 19.0 Å². The summed E-state index contributed by atoms with van der Waals surface area (Å²) in [7, 11) is 3.20. The molecule has 0 saturated carbocycles. The molecular formula is C17H18O4. The molecule has 0 radical (unpaired) electrons. The molecule has 0 spiro atoms. The molecule has 21 heavy (non-hydrogen) atoms. The van der Waals surface area contributed by atoms with Gasteiger partial charge >= 0.3 is 5.97 Å². The second-order valence-electron chi connectivity index (χ2n) is 4.40. The van der Waals surface area contributed by atoms with Gasteiger partial charge in [-0.3, -0.25) is 4.79 Å². The van der Waals surface area contributed by atoms with Gasteiger partial charge in [0, 0.05) is 12.0 Å². The number of para-hydroxylation sites is 1. The van der Waals surface area contributed by atoms with E-state index in [-0.39, 0.29) is 5.97 Å². The predicted molar refractivity (Wildman–Crippen MR) is 80.9 cm³/mol. The summed E-state index contributed by atoms with van der Waals surface area (Å²) in [5, 5.41) is 0. The van der Waals surface area contributed by atoms with Crippen molar-refractivity contribution in [1.29, 1.82) is 0 Å². The summed E-state index contributed by atoms with van der Waals surface area (Å²) in [6.07, 6.45) is 0.340. The highest BCUT2D eigenvalue weighted by Gasteiger charge is 2.12. The van der Waals surface area contributed by atoms with E-state index in [1.807, 2.05) is 36.4 Å². The molecule has 2 rings (SSSR count). The maximum Gasteiger partial charge on any atom is 0.310 e. The Morgan fingerprint density at radius 1 is 1.05 bits per heavy atom. The lowest BCUT2D eigenvalue weighted by atomic mass is 10.0. The van der Waals surface area contributed by atoms with Crippen molar-refractivity contribution in [2.24, 2.45) is 0 Å². The summed E-state index contributed by atoms with van der Waals surface area (Å²) >= 11 is 0. The number of rotatable bonds is 5. The minimum atomic E-state index is -0.259. The zero-order valence-corrected chi connectivity index (χ0v) is 12.4. The number of methoxy groups -OCH3 is 2. The van der Waals surface area contributed by atoms with Gasteiger partial charge in [-0.15, -0.1) is 0 Å². The average Bonchev–Trinajstić information content (AvgIpc) is 2.54. The van der Waals surface area contributed by atoms with Crippen LogP contribution < -0.4 is 14.2 Å². The lowest BCUT2D eigenvalue weighted by Gasteiger charge is -2.13. The first-order valence-electron chi connectivity index (χ1n) is 6.71. The van der Waals surface area contributed by atoms with E-state index in [1.165, 1.54) is 0 Å². The highest BCUT2D eigenvalue weighted by Crippen LogP contribution is 2.38. The summed E-state index contributed by atoms with van der Waals surface area (Å²) in [6, 6.07) is 13.0. The molecular weight excluding hydrogens is 268 g/mol. The molecule has 0 heterocycles. The topological polar surface area (TPSA) is 44.8 Å². The smallest absolute Gasteiger partial charge is 0.310 e. The zero-order chi connectivity index (χ0) is 15.2. The fraction of sp³-hybridized carbons (Fsp3) is 0.235. The first-order chi connectivity index (χ1) is 10.2. The van der Waals surface area contributed by atoms with Crippen LogP contribution >= 0.6 is 0 Å². The fourth-order valence-corrected chi connectivity index (χ4v) is 2.05. The SMILES string of the molecule is CCC(=O)Oc1cccc(-c2cccc(OC)c2OC)c1. The summed E-state index contributed by atoms with van der Waals surface area (Å²) in [5.41, 5.74) is 1.78. The summed E-state index contributed by atoms with van der Waals surface area (Å²) < 4.78 is 16.0. The molecule has 0 aliphatic rings. The molecule has 0 aliphatic carbocycles. The van der Waals surface area contributed by atoms with Crippen LogP contribution in [0, 0.1) is 0 Å². The van der Waals surface area contributed by atoms with Crippen molar-refractivity contribution in [1.82, 2.24) is 0 Å². The Balaban J connectivity index is 2.43. The lowest BCUT2D eigenvalue weighted by Crippen LogP contribution is -2.05. The Hall–Kier alpha value is -2.49. The summed E-state index contributed by atoms with van der Waals surface area (Å²) in [4.78, 5) is 11.4. The summed E-state index contributed by atoms with van der Waals surface area (Å²) in [5.74, 6) is 1.57. The van der Waals surface area contributed by atoms with E-state index < -0.39 is 0 Å². The van der Waals surface area contributed by atoms with Gasteiger partial charge in [-0.1, -0.05) is 31.2 Å². The second kappa shape index (κ2) is 6.79. The maximum absolute atomic E-state index is 11.4. The van der Waals surface area contributed by atoms with Crippen LogP contribution in [0.15, 0.2) is 42.5 Å². The molecule has 0 unspecified atom stereocenters. The normalized spacial score (nSPS) is 10.0. The molecule has 110 valence electrons. The average molecular weight is 286 g/mol. The minimum Gasteiger partial charge on any atom is -0.493 e. The Morgan fingerprint density at radius 2 is 1.81 bits per heavy atom. The molecule has 0 N–H and O–H groups in total. The first-order valence-corrected chi connectivity index (χ1v) is 6.71. The number of esters is 1. The van der Waals surface area contributed by atoms with Crippen molar-refractivity contribution >= 4 is 5.97 Å². The van der Waals surface area contributed by atoms with Gasteiger partial charge in [-0.05, 0) is 23.8 Å². The van der Waals surface area contributed by atoms with Gasteiger partial charge in [0.2, 0.25) is 0 Å². The Labute approximate surface area is 124 Å². The highest BCUT2D eigenvalue weighted by atomic mass is 16.5. The fourth-order valence-electron chi connectivity index (χ4n) is 2.05. The Kier molecular flexibility index (Phi) is 4.82. The van der Waals surface area contributed by atoms with E-state index in [9.17, 15) is 4.79 Å². The molecule has 4 heteroatoms. The monoisotopic (exact) mass is 286 g/mol. The minimum absolute atomic E-state index is 0.259. The van der Waals surface area contributed by atoms with Crippen LogP contribution in [-0.4, -0.2) is 20.2 Å². The van der Waals surface area contributed by atoms with Crippen LogP contribution in [0.3, 0.4) is 0 Å². The van der Waals surface area contributed by atoms with Crippen LogP contribution in [0.2, 0.25) is 0 Å². The van der Waals surface area contributed by atoms with Crippen LogP contribution in [0.25, 0.3) is 11.1 Å². The Morgan fingerprint density at radius 3 is 2.48 bits per heavy atom. The molecule has 0 aromatic heterocycles. The van der Waals surface area contributed by atoms with E-state index in [0.717, 1.165) is 11.1 Å². The van der Waals surface area contributed by atoms with Crippen molar-refractivity contribution in [2.45, 2.75) is 13.3 Å². The van der Waals surface area contributed by atoms with Crippen LogP contribution in [0.5, 0.6) is 17.2 Å². The van der Waals surface area contributed by atoms with Gasteiger partial charge in [0.1, 0.15) is 5.75 Å². The van der Waals surface area contributed by atoms with Gasteiger partial charge < -0.3 is 14.2 Å². The quantitative estimate of drug-likeness (QED) is 0.621. The van der Waals surface area contributed by atoms with Crippen molar-refractivity contribution in [3.63, 3.8) is 0 Å². The van der Waals surface area contributed by atoms with E-state index in [0.29, 0.717) is 23.7 Å². The van der Waals surface area contributed by atoms with Crippen LogP contribution in [0.4, 0.5) is 0 Å². The molecule has 0 bridgehead atoms. The van der Waals surface area contributed by atoms with Gasteiger partial charge in [0.05, 0.1) is 14.2 Å². The van der Waals surface area contributed by atoms with Gasteiger partial charge in [0.25, 0.3) is 0 Å². The second-order valence-corrected chi connectivity index (χ2v) is 4.40. The predicted octanol–water partition coefficient (Wildman–Crippen LogP) is 3.69. The van der Waals surface area contributed by atoms with Crippen molar-refractivity contribution in [3.05, 3.63) is 42.5 Å². The third-order valence-corrected chi connectivity index (χ3v) is 3.07. The molecule has 4 nitrogen and oxygen atoms in total. The molecule has 0 amide bonds. The number of hydrogen-bond acceptors (Lipinski definition) is 4. The zero-order valence-electron chi connectivity index (χ0n) is 12.4. The van der Waals surface area contributed by atoms with Gasteiger partial charge in [0.15, 0.2) is 11.5 Å². The number of benzene rings is 2. The maximum atomic E-state index is 11.4. The lowest BCUT2D eigenvalue weighted by molar-refractivity contribution is -0.134. The third kappa shape index (κ3) is 3.34. The standard InChI is InChI=1S/C17H18O4/c1-4-16(18)21-13-8-5-7-12(11-13)14-9-6-10-15(19-2)17(14)20-3/h5-11H,4H2,1-3H3.